The molecule has 0 spiro atoms. The molecule has 0 bridgehead atoms. The van der Waals surface area contributed by atoms with Gasteiger partial charge in [0, 0.05) is 6.42 Å². The van der Waals surface area contributed by atoms with E-state index >= 15 is 0 Å². The van der Waals surface area contributed by atoms with Gasteiger partial charge in [0.05, 0.1) is 19.1 Å². The number of amides is 1. The summed E-state index contributed by atoms with van der Waals surface area (Å²) in [5.74, 6) is -0.0632. The maximum atomic E-state index is 13.0. The Bertz CT molecular complexity index is 842. The molecule has 0 fully saturated rings. The minimum atomic E-state index is -2.06. The summed E-state index contributed by atoms with van der Waals surface area (Å²) in [5.41, 5.74) is 4.26. The highest BCUT2D eigenvalue weighted by atomic mass is 28.4. The van der Waals surface area contributed by atoms with Crippen molar-refractivity contribution in [1.29, 1.82) is 0 Å². The van der Waals surface area contributed by atoms with Crippen LogP contribution in [0.25, 0.3) is 0 Å². The zero-order valence-electron chi connectivity index (χ0n) is 20.4. The molecule has 0 radical (unpaired) electrons. The topological polar surface area (TPSA) is 55.4 Å². The lowest BCUT2D eigenvalue weighted by Gasteiger charge is -2.43. The molecule has 0 aliphatic rings. The summed E-state index contributed by atoms with van der Waals surface area (Å²) in [6.45, 7) is 14.1. The fraction of sp³-hybridized carbons (Fsp3) is 0.481. The van der Waals surface area contributed by atoms with Gasteiger partial charge in [-0.05, 0) is 33.3 Å². The molecule has 0 aromatic heterocycles. The summed E-state index contributed by atoms with van der Waals surface area (Å²) in [5, 5.41) is 3.21. The summed E-state index contributed by atoms with van der Waals surface area (Å²) in [4.78, 5) is 24.0. The van der Waals surface area contributed by atoms with Crippen molar-refractivity contribution in [2.75, 3.05) is 6.61 Å². The summed E-state index contributed by atoms with van der Waals surface area (Å²) in [6.07, 6.45) is 1.44. The molecule has 0 aliphatic carbocycles. The molecule has 0 saturated heterocycles. The second-order valence-electron chi connectivity index (χ2n) is 9.48. The van der Waals surface area contributed by atoms with E-state index in [9.17, 15) is 9.59 Å². The first-order valence-corrected chi connectivity index (χ1v) is 13.8. The average molecular weight is 454 g/mol. The van der Waals surface area contributed by atoms with E-state index in [-0.39, 0.29) is 18.4 Å². The van der Waals surface area contributed by atoms with Gasteiger partial charge in [-0.25, -0.2) is 0 Å². The van der Waals surface area contributed by atoms with Gasteiger partial charge in [0.2, 0.25) is 5.91 Å². The molecular formula is C27H39NO3Si. The highest BCUT2D eigenvalue weighted by Gasteiger charge is 2.45. The van der Waals surface area contributed by atoms with Crippen molar-refractivity contribution in [3.05, 3.63) is 71.3 Å². The number of carbonyl (C=O) groups is 2. The van der Waals surface area contributed by atoms with Gasteiger partial charge in [-0.1, -0.05) is 96.1 Å². The molecule has 0 heterocycles. The van der Waals surface area contributed by atoms with Crippen LogP contribution in [0.3, 0.4) is 0 Å². The maximum absolute atomic E-state index is 13.0. The van der Waals surface area contributed by atoms with Crippen LogP contribution in [0.5, 0.6) is 0 Å². The van der Waals surface area contributed by atoms with Crippen LogP contribution >= 0.6 is 0 Å². The summed E-state index contributed by atoms with van der Waals surface area (Å²) >= 11 is 0. The molecule has 2 aromatic carbocycles. The molecule has 1 N–H and O–H groups in total. The van der Waals surface area contributed by atoms with Gasteiger partial charge in [-0.15, -0.1) is 0 Å². The van der Waals surface area contributed by atoms with Crippen molar-refractivity contribution in [3.63, 3.8) is 0 Å². The standard InChI is InChI=1S/C27H39NO3Si/c1-20(2)32(21(3)4,22(5)6)31-19-26(24-13-8-7-9-14-24)28-27(30)18-25-15-11-10-12-23(25)16-17-29/h7-15,17,20-22,26H,16,18-19H2,1-6H3,(H,28,30)/t26-/m1/s1. The predicted molar refractivity (Wildman–Crippen MR) is 134 cm³/mol. The summed E-state index contributed by atoms with van der Waals surface area (Å²) in [7, 11) is -2.06. The first kappa shape index (κ1) is 26.0. The van der Waals surface area contributed by atoms with Crippen molar-refractivity contribution in [1.82, 2.24) is 5.32 Å². The average Bonchev–Trinajstić information content (AvgIpc) is 2.74. The fourth-order valence-corrected chi connectivity index (χ4v) is 10.5. The molecular weight excluding hydrogens is 414 g/mol. The lowest BCUT2D eigenvalue weighted by atomic mass is 10.0. The van der Waals surface area contributed by atoms with Gasteiger partial charge in [0.25, 0.3) is 0 Å². The molecule has 1 amide bonds. The molecule has 0 aliphatic heterocycles. The summed E-state index contributed by atoms with van der Waals surface area (Å²) < 4.78 is 6.82. The van der Waals surface area contributed by atoms with Crippen molar-refractivity contribution in [3.8, 4) is 0 Å². The normalized spacial score (nSPS) is 12.9. The Hall–Kier alpha value is -2.24. The van der Waals surface area contributed by atoms with Crippen LogP contribution in [0.1, 0.15) is 64.3 Å². The Labute approximate surface area is 194 Å². The first-order valence-electron chi connectivity index (χ1n) is 11.7. The second kappa shape index (κ2) is 12.1. The number of hydrogen-bond donors (Lipinski definition) is 1. The van der Waals surface area contributed by atoms with E-state index in [1.54, 1.807) is 0 Å². The highest BCUT2D eigenvalue weighted by Crippen LogP contribution is 2.42. The van der Waals surface area contributed by atoms with Crippen LogP contribution in [0.15, 0.2) is 54.6 Å². The number of aldehydes is 1. The third kappa shape index (κ3) is 6.39. The van der Waals surface area contributed by atoms with Crippen LogP contribution in [-0.4, -0.2) is 27.1 Å². The third-order valence-corrected chi connectivity index (χ3v) is 12.6. The number of benzene rings is 2. The molecule has 174 valence electrons. The Morgan fingerprint density at radius 3 is 1.94 bits per heavy atom. The van der Waals surface area contributed by atoms with E-state index in [0.29, 0.717) is 29.7 Å². The van der Waals surface area contributed by atoms with E-state index in [2.05, 4.69) is 46.9 Å². The lowest BCUT2D eigenvalue weighted by molar-refractivity contribution is -0.121. The van der Waals surface area contributed by atoms with E-state index < -0.39 is 8.32 Å². The van der Waals surface area contributed by atoms with Crippen LogP contribution in [0.4, 0.5) is 0 Å². The van der Waals surface area contributed by atoms with Crippen LogP contribution in [0, 0.1) is 0 Å². The quantitative estimate of drug-likeness (QED) is 0.316. The van der Waals surface area contributed by atoms with Gasteiger partial charge < -0.3 is 14.5 Å². The van der Waals surface area contributed by atoms with Crippen molar-refractivity contribution >= 4 is 20.5 Å². The zero-order valence-corrected chi connectivity index (χ0v) is 21.4. The Morgan fingerprint density at radius 1 is 0.875 bits per heavy atom. The Kier molecular flexibility index (Phi) is 9.85. The molecule has 32 heavy (non-hydrogen) atoms. The number of carbonyl (C=O) groups excluding carboxylic acids is 2. The largest absolute Gasteiger partial charge is 0.414 e. The van der Waals surface area contributed by atoms with Crippen LogP contribution in [0.2, 0.25) is 16.6 Å². The fourth-order valence-electron chi connectivity index (χ4n) is 5.07. The van der Waals surface area contributed by atoms with E-state index in [4.69, 9.17) is 4.43 Å². The van der Waals surface area contributed by atoms with Crippen LogP contribution < -0.4 is 5.32 Å². The molecule has 0 unspecified atom stereocenters. The number of rotatable bonds is 12. The second-order valence-corrected chi connectivity index (χ2v) is 14.9. The smallest absolute Gasteiger partial charge is 0.224 e. The lowest BCUT2D eigenvalue weighted by Crippen LogP contribution is -2.49. The van der Waals surface area contributed by atoms with E-state index in [1.165, 1.54) is 0 Å². The zero-order chi connectivity index (χ0) is 23.7. The van der Waals surface area contributed by atoms with Gasteiger partial charge >= 0.3 is 0 Å². The van der Waals surface area contributed by atoms with Crippen LogP contribution in [-0.2, 0) is 26.9 Å². The van der Waals surface area contributed by atoms with Gasteiger partial charge in [0.15, 0.2) is 8.32 Å². The molecule has 0 saturated carbocycles. The predicted octanol–water partition coefficient (Wildman–Crippen LogP) is 6.02. The third-order valence-electron chi connectivity index (χ3n) is 6.52. The van der Waals surface area contributed by atoms with E-state index in [1.807, 2.05) is 54.6 Å². The van der Waals surface area contributed by atoms with Gasteiger partial charge in [0.1, 0.15) is 6.29 Å². The maximum Gasteiger partial charge on any atom is 0.224 e. The first-order chi connectivity index (χ1) is 15.2. The Balaban J connectivity index is 2.23. The number of nitrogens with one attached hydrogen (secondary N) is 1. The van der Waals surface area contributed by atoms with Gasteiger partial charge in [-0.2, -0.15) is 0 Å². The van der Waals surface area contributed by atoms with E-state index in [0.717, 1.165) is 23.0 Å². The SMILES string of the molecule is CC(C)[Si](OC[C@@H](NC(=O)Cc1ccccc1CC=O)c1ccccc1)(C(C)C)C(C)C. The van der Waals surface area contributed by atoms with Crippen molar-refractivity contribution < 1.29 is 14.0 Å². The van der Waals surface area contributed by atoms with Crippen molar-refractivity contribution in [2.45, 2.75) is 77.0 Å². The monoisotopic (exact) mass is 453 g/mol. The van der Waals surface area contributed by atoms with Crippen molar-refractivity contribution in [2.24, 2.45) is 0 Å². The molecule has 2 rings (SSSR count). The molecule has 5 heteroatoms. The minimum absolute atomic E-state index is 0.0632. The minimum Gasteiger partial charge on any atom is -0.414 e. The molecule has 4 nitrogen and oxygen atoms in total. The summed E-state index contributed by atoms with van der Waals surface area (Å²) in [6, 6.07) is 17.5. The molecule has 2 aromatic rings. The highest BCUT2D eigenvalue weighted by molar-refractivity contribution is 6.77. The Morgan fingerprint density at radius 2 is 1.41 bits per heavy atom. The van der Waals surface area contributed by atoms with Gasteiger partial charge in [-0.3, -0.25) is 4.79 Å². The molecule has 1 atom stereocenters. The number of hydrogen-bond acceptors (Lipinski definition) is 3.